The van der Waals surface area contributed by atoms with E-state index in [1.165, 1.54) is 0 Å². The van der Waals surface area contributed by atoms with Gasteiger partial charge in [0.15, 0.2) is 0 Å². The number of aliphatic hydroxyl groups excluding tert-OH is 2. The van der Waals surface area contributed by atoms with Crippen molar-refractivity contribution in [2.45, 2.75) is 12.5 Å². The van der Waals surface area contributed by atoms with E-state index in [-0.39, 0.29) is 13.2 Å². The molecule has 0 aromatic rings. The van der Waals surface area contributed by atoms with Crippen LogP contribution in [0.2, 0.25) is 0 Å². The molecule has 5 N–H and O–H groups in total. The molecule has 4 heteroatoms. The lowest BCUT2D eigenvalue weighted by atomic mass is 10.1. The first kappa shape index (κ1) is 9.84. The number of hydrogen-bond acceptors (Lipinski definition) is 4. The molecule has 0 aliphatic carbocycles. The van der Waals surface area contributed by atoms with Crippen LogP contribution in [0.25, 0.3) is 0 Å². The van der Waals surface area contributed by atoms with Gasteiger partial charge < -0.3 is 21.3 Å². The molecule has 0 bridgehead atoms. The molecule has 4 nitrogen and oxygen atoms in total. The highest BCUT2D eigenvalue weighted by molar-refractivity contribution is 4.82. The maximum absolute atomic E-state index is 8.79. The fourth-order valence-electron chi connectivity index (χ4n) is 0.550. The summed E-state index contributed by atoms with van der Waals surface area (Å²) in [7, 11) is 0. The van der Waals surface area contributed by atoms with Gasteiger partial charge in [-0.15, -0.1) is 0 Å². The number of hydrogen-bond donors (Lipinski definition) is 4. The molecule has 0 aromatic carbocycles. The molecule has 0 aromatic heterocycles. The van der Waals surface area contributed by atoms with E-state index in [9.17, 15) is 0 Å². The van der Waals surface area contributed by atoms with Crippen LogP contribution < -0.4 is 11.1 Å². The normalized spacial score (nSPS) is 16.8. The van der Waals surface area contributed by atoms with Crippen LogP contribution in [0.1, 0.15) is 6.92 Å². The monoisotopic (exact) mass is 148 g/mol. The SMILES string of the molecule is CC(CN)(CO)NCCO. The van der Waals surface area contributed by atoms with Crippen LogP contribution in [0.15, 0.2) is 0 Å². The zero-order chi connectivity index (χ0) is 8.04. The molecule has 0 radical (unpaired) electrons. The molecule has 0 saturated carbocycles. The van der Waals surface area contributed by atoms with E-state index in [0.717, 1.165) is 0 Å². The summed E-state index contributed by atoms with van der Waals surface area (Å²) in [4.78, 5) is 0. The molecule has 0 saturated heterocycles. The van der Waals surface area contributed by atoms with Crippen molar-refractivity contribution >= 4 is 0 Å². The maximum Gasteiger partial charge on any atom is 0.0623 e. The summed E-state index contributed by atoms with van der Waals surface area (Å²) in [5.41, 5.74) is 4.91. The van der Waals surface area contributed by atoms with E-state index < -0.39 is 5.54 Å². The Hall–Kier alpha value is -0.160. The summed E-state index contributed by atoms with van der Waals surface area (Å²) in [6.45, 7) is 2.69. The fraction of sp³-hybridized carbons (Fsp3) is 1.00. The van der Waals surface area contributed by atoms with E-state index in [4.69, 9.17) is 15.9 Å². The van der Waals surface area contributed by atoms with Crippen molar-refractivity contribution < 1.29 is 10.2 Å². The predicted octanol–water partition coefficient (Wildman–Crippen LogP) is -1.72. The number of rotatable bonds is 5. The summed E-state index contributed by atoms with van der Waals surface area (Å²) in [5, 5.41) is 20.1. The molecule has 0 spiro atoms. The predicted molar refractivity (Wildman–Crippen MR) is 39.6 cm³/mol. The molecule has 0 aliphatic rings. The maximum atomic E-state index is 8.79. The van der Waals surface area contributed by atoms with Crippen molar-refractivity contribution in [1.82, 2.24) is 5.32 Å². The first-order valence-electron chi connectivity index (χ1n) is 3.35. The number of aliphatic hydroxyl groups is 2. The highest BCUT2D eigenvalue weighted by atomic mass is 16.3. The third kappa shape index (κ3) is 3.12. The fourth-order valence-corrected chi connectivity index (χ4v) is 0.550. The minimum atomic E-state index is -0.442. The third-order valence-corrected chi connectivity index (χ3v) is 1.46. The molecule has 0 amide bonds. The lowest BCUT2D eigenvalue weighted by molar-refractivity contribution is 0.169. The van der Waals surface area contributed by atoms with Gasteiger partial charge in [0.25, 0.3) is 0 Å². The molecule has 0 heterocycles. The summed E-state index contributed by atoms with van der Waals surface area (Å²) in [6, 6.07) is 0. The Bertz CT molecular complexity index is 83.8. The molecular formula is C6H16N2O2. The second kappa shape index (κ2) is 4.62. The van der Waals surface area contributed by atoms with Crippen LogP contribution in [0.4, 0.5) is 0 Å². The average Bonchev–Trinajstić information content (AvgIpc) is 2.00. The third-order valence-electron chi connectivity index (χ3n) is 1.46. The molecule has 1 unspecified atom stereocenters. The van der Waals surface area contributed by atoms with Crippen molar-refractivity contribution in [1.29, 1.82) is 0 Å². The van der Waals surface area contributed by atoms with Gasteiger partial charge >= 0.3 is 0 Å². The van der Waals surface area contributed by atoms with E-state index >= 15 is 0 Å². The van der Waals surface area contributed by atoms with Crippen molar-refractivity contribution in [2.75, 3.05) is 26.3 Å². The first-order valence-corrected chi connectivity index (χ1v) is 3.35. The van der Waals surface area contributed by atoms with E-state index in [1.54, 1.807) is 0 Å². The van der Waals surface area contributed by atoms with Gasteiger partial charge in [0, 0.05) is 13.1 Å². The highest BCUT2D eigenvalue weighted by Crippen LogP contribution is 1.97. The Balaban J connectivity index is 3.58. The van der Waals surface area contributed by atoms with Crippen molar-refractivity contribution in [2.24, 2.45) is 5.73 Å². The highest BCUT2D eigenvalue weighted by Gasteiger charge is 2.19. The quantitative estimate of drug-likeness (QED) is 0.374. The van der Waals surface area contributed by atoms with Crippen LogP contribution in [-0.4, -0.2) is 42.1 Å². The lowest BCUT2D eigenvalue weighted by Crippen LogP contribution is -2.52. The molecule has 1 atom stereocenters. The van der Waals surface area contributed by atoms with Crippen LogP contribution in [0.3, 0.4) is 0 Å². The van der Waals surface area contributed by atoms with Gasteiger partial charge in [0.05, 0.1) is 18.8 Å². The summed E-state index contributed by atoms with van der Waals surface area (Å²) >= 11 is 0. The molecular weight excluding hydrogens is 132 g/mol. The summed E-state index contributed by atoms with van der Waals surface area (Å²) < 4.78 is 0. The lowest BCUT2D eigenvalue weighted by Gasteiger charge is -2.26. The minimum absolute atomic E-state index is 0.0104. The first-order chi connectivity index (χ1) is 4.68. The standard InChI is InChI=1S/C6H16N2O2/c1-6(4-7,5-10)8-2-3-9/h8-10H,2-5,7H2,1H3. The van der Waals surface area contributed by atoms with Gasteiger partial charge in [-0.25, -0.2) is 0 Å². The van der Waals surface area contributed by atoms with Crippen LogP contribution >= 0.6 is 0 Å². The van der Waals surface area contributed by atoms with Crippen LogP contribution in [-0.2, 0) is 0 Å². The Kier molecular flexibility index (Phi) is 4.55. The van der Waals surface area contributed by atoms with Crippen LogP contribution in [0.5, 0.6) is 0 Å². The van der Waals surface area contributed by atoms with Gasteiger partial charge in [-0.1, -0.05) is 0 Å². The zero-order valence-electron chi connectivity index (χ0n) is 6.30. The average molecular weight is 148 g/mol. The second-order valence-corrected chi connectivity index (χ2v) is 2.57. The number of nitrogens with one attached hydrogen (secondary N) is 1. The van der Waals surface area contributed by atoms with Gasteiger partial charge in [0.2, 0.25) is 0 Å². The summed E-state index contributed by atoms with van der Waals surface area (Å²) in [5.74, 6) is 0. The molecule has 62 valence electrons. The minimum Gasteiger partial charge on any atom is -0.395 e. The number of nitrogens with two attached hydrogens (primary N) is 1. The molecule has 0 fully saturated rings. The van der Waals surface area contributed by atoms with Gasteiger partial charge in [-0.05, 0) is 6.92 Å². The van der Waals surface area contributed by atoms with Crippen molar-refractivity contribution in [3.63, 3.8) is 0 Å². The molecule has 0 aliphatic heterocycles. The van der Waals surface area contributed by atoms with E-state index in [0.29, 0.717) is 13.1 Å². The van der Waals surface area contributed by atoms with Gasteiger partial charge in [-0.3, -0.25) is 0 Å². The topological polar surface area (TPSA) is 78.5 Å². The van der Waals surface area contributed by atoms with Crippen LogP contribution in [0, 0.1) is 0 Å². The Morgan fingerprint density at radius 2 is 2.10 bits per heavy atom. The Morgan fingerprint density at radius 1 is 1.50 bits per heavy atom. The zero-order valence-corrected chi connectivity index (χ0v) is 6.30. The smallest absolute Gasteiger partial charge is 0.0623 e. The Labute approximate surface area is 61.0 Å². The van der Waals surface area contributed by atoms with Gasteiger partial charge in [0.1, 0.15) is 0 Å². The largest absolute Gasteiger partial charge is 0.395 e. The second-order valence-electron chi connectivity index (χ2n) is 2.57. The van der Waals surface area contributed by atoms with Crippen molar-refractivity contribution in [3.05, 3.63) is 0 Å². The number of β-amino-alcohol motifs (C(OH)–C–C–N with tert-alkyl or cyclic N) is 1. The molecule has 10 heavy (non-hydrogen) atoms. The summed E-state index contributed by atoms with van der Waals surface area (Å²) in [6.07, 6.45) is 0. The van der Waals surface area contributed by atoms with E-state index in [2.05, 4.69) is 5.32 Å². The van der Waals surface area contributed by atoms with E-state index in [1.807, 2.05) is 6.92 Å². The Morgan fingerprint density at radius 3 is 2.40 bits per heavy atom. The molecule has 0 rings (SSSR count). The van der Waals surface area contributed by atoms with Gasteiger partial charge in [-0.2, -0.15) is 0 Å². The van der Waals surface area contributed by atoms with Crippen molar-refractivity contribution in [3.8, 4) is 0 Å².